The van der Waals surface area contributed by atoms with Crippen molar-refractivity contribution >= 4 is 11.7 Å². The van der Waals surface area contributed by atoms with Crippen molar-refractivity contribution in [1.29, 1.82) is 0 Å². The van der Waals surface area contributed by atoms with Crippen LogP contribution in [0.4, 0.5) is 5.69 Å². The molecule has 3 heteroatoms. The highest BCUT2D eigenvalue weighted by atomic mass is 16.4. The molecule has 0 atom stereocenters. The van der Waals surface area contributed by atoms with E-state index in [4.69, 9.17) is 5.11 Å². The number of aliphatic carboxylic acids is 1. The predicted octanol–water partition coefficient (Wildman–Crippen LogP) is 2.69. The SMILES string of the molecule is CNc1ccc(CCC=C(C)C(=O)O)cc1. The van der Waals surface area contributed by atoms with Crippen LogP contribution in [0, 0.1) is 0 Å². The van der Waals surface area contributed by atoms with Crippen molar-refractivity contribution in [2.75, 3.05) is 12.4 Å². The normalized spacial score (nSPS) is 11.2. The average molecular weight is 219 g/mol. The van der Waals surface area contributed by atoms with E-state index in [0.29, 0.717) is 5.57 Å². The van der Waals surface area contributed by atoms with Crippen molar-refractivity contribution in [3.63, 3.8) is 0 Å². The smallest absolute Gasteiger partial charge is 0.330 e. The second-order valence-corrected chi connectivity index (χ2v) is 3.68. The van der Waals surface area contributed by atoms with Gasteiger partial charge in [-0.05, 0) is 37.5 Å². The van der Waals surface area contributed by atoms with Crippen molar-refractivity contribution in [3.8, 4) is 0 Å². The Kier molecular flexibility index (Phi) is 4.58. The zero-order chi connectivity index (χ0) is 12.0. The Balaban J connectivity index is 2.49. The highest BCUT2D eigenvalue weighted by molar-refractivity contribution is 5.85. The molecule has 1 aromatic carbocycles. The van der Waals surface area contributed by atoms with Gasteiger partial charge in [-0.2, -0.15) is 0 Å². The third-order valence-electron chi connectivity index (χ3n) is 2.46. The summed E-state index contributed by atoms with van der Waals surface area (Å²) in [7, 11) is 1.88. The summed E-state index contributed by atoms with van der Waals surface area (Å²) < 4.78 is 0. The molecule has 1 aromatic rings. The summed E-state index contributed by atoms with van der Waals surface area (Å²) in [6.07, 6.45) is 3.39. The molecule has 0 amide bonds. The lowest BCUT2D eigenvalue weighted by atomic mass is 10.1. The van der Waals surface area contributed by atoms with Gasteiger partial charge in [0, 0.05) is 18.3 Å². The van der Waals surface area contributed by atoms with E-state index < -0.39 is 5.97 Å². The van der Waals surface area contributed by atoms with Crippen LogP contribution in [0.25, 0.3) is 0 Å². The van der Waals surface area contributed by atoms with Gasteiger partial charge in [-0.1, -0.05) is 18.2 Å². The Morgan fingerprint density at radius 3 is 2.50 bits per heavy atom. The number of aryl methyl sites for hydroxylation is 1. The van der Waals surface area contributed by atoms with Crippen LogP contribution in [0.2, 0.25) is 0 Å². The van der Waals surface area contributed by atoms with E-state index in [1.165, 1.54) is 5.56 Å². The minimum Gasteiger partial charge on any atom is -0.478 e. The maximum absolute atomic E-state index is 10.5. The number of hydrogen-bond donors (Lipinski definition) is 2. The maximum atomic E-state index is 10.5. The van der Waals surface area contributed by atoms with Crippen LogP contribution >= 0.6 is 0 Å². The van der Waals surface area contributed by atoms with Crippen molar-refractivity contribution < 1.29 is 9.90 Å². The van der Waals surface area contributed by atoms with E-state index >= 15 is 0 Å². The van der Waals surface area contributed by atoms with E-state index in [0.717, 1.165) is 18.5 Å². The maximum Gasteiger partial charge on any atom is 0.330 e. The minimum absolute atomic E-state index is 0.409. The monoisotopic (exact) mass is 219 g/mol. The fourth-order valence-corrected chi connectivity index (χ4v) is 1.38. The molecule has 0 aliphatic heterocycles. The molecule has 0 aromatic heterocycles. The first-order chi connectivity index (χ1) is 7.63. The number of nitrogens with one attached hydrogen (secondary N) is 1. The lowest BCUT2D eigenvalue weighted by Gasteiger charge is -2.02. The zero-order valence-corrected chi connectivity index (χ0v) is 9.66. The first-order valence-electron chi connectivity index (χ1n) is 5.30. The number of allylic oxidation sites excluding steroid dienone is 1. The predicted molar refractivity (Wildman–Crippen MR) is 65.7 cm³/mol. The summed E-state index contributed by atoms with van der Waals surface area (Å²) in [5.41, 5.74) is 2.71. The topological polar surface area (TPSA) is 49.3 Å². The second-order valence-electron chi connectivity index (χ2n) is 3.68. The van der Waals surface area contributed by atoms with Crippen LogP contribution in [-0.2, 0) is 11.2 Å². The standard InChI is InChI=1S/C13H17NO2/c1-10(13(15)16)4-3-5-11-6-8-12(14-2)9-7-11/h4,6-9,14H,3,5H2,1-2H3,(H,15,16). The lowest BCUT2D eigenvalue weighted by molar-refractivity contribution is -0.132. The first-order valence-corrected chi connectivity index (χ1v) is 5.30. The number of carboxylic acids is 1. The van der Waals surface area contributed by atoms with Crippen molar-refractivity contribution in [2.45, 2.75) is 19.8 Å². The number of carboxylic acid groups (broad SMARTS) is 1. The van der Waals surface area contributed by atoms with Gasteiger partial charge in [0.15, 0.2) is 0 Å². The van der Waals surface area contributed by atoms with Crippen molar-refractivity contribution in [3.05, 3.63) is 41.5 Å². The quantitative estimate of drug-likeness (QED) is 0.748. The molecule has 3 nitrogen and oxygen atoms in total. The summed E-state index contributed by atoms with van der Waals surface area (Å²) in [4.78, 5) is 10.5. The average Bonchev–Trinajstić information content (AvgIpc) is 2.29. The molecule has 0 fully saturated rings. The van der Waals surface area contributed by atoms with Crippen LogP contribution in [0.1, 0.15) is 18.9 Å². The second kappa shape index (κ2) is 5.95. The van der Waals surface area contributed by atoms with Crippen LogP contribution in [0.3, 0.4) is 0 Å². The van der Waals surface area contributed by atoms with E-state index in [2.05, 4.69) is 17.4 Å². The number of carbonyl (C=O) groups is 1. The molecule has 0 bridgehead atoms. The fraction of sp³-hybridized carbons (Fsp3) is 0.308. The molecule has 86 valence electrons. The highest BCUT2D eigenvalue weighted by Gasteiger charge is 1.98. The van der Waals surface area contributed by atoms with Gasteiger partial charge in [0.1, 0.15) is 0 Å². The third kappa shape index (κ3) is 3.77. The van der Waals surface area contributed by atoms with Gasteiger partial charge < -0.3 is 10.4 Å². The van der Waals surface area contributed by atoms with Gasteiger partial charge in [0.25, 0.3) is 0 Å². The summed E-state index contributed by atoms with van der Waals surface area (Å²) in [5.74, 6) is -0.842. The van der Waals surface area contributed by atoms with E-state index in [1.54, 1.807) is 13.0 Å². The molecule has 0 heterocycles. The highest BCUT2D eigenvalue weighted by Crippen LogP contribution is 2.10. The minimum atomic E-state index is -0.842. The molecule has 0 aliphatic carbocycles. The molecule has 0 saturated carbocycles. The third-order valence-corrected chi connectivity index (χ3v) is 2.46. The largest absolute Gasteiger partial charge is 0.478 e. The molecule has 0 spiro atoms. The summed E-state index contributed by atoms with van der Waals surface area (Å²) >= 11 is 0. The van der Waals surface area contributed by atoms with Crippen molar-refractivity contribution in [1.82, 2.24) is 0 Å². The molecule has 0 aliphatic rings. The van der Waals surface area contributed by atoms with Gasteiger partial charge in [-0.3, -0.25) is 0 Å². The summed E-state index contributed by atoms with van der Waals surface area (Å²) in [5, 5.41) is 11.7. The van der Waals surface area contributed by atoms with E-state index in [-0.39, 0.29) is 0 Å². The molecule has 1 rings (SSSR count). The number of anilines is 1. The van der Waals surface area contributed by atoms with Gasteiger partial charge in [-0.25, -0.2) is 4.79 Å². The number of benzene rings is 1. The summed E-state index contributed by atoms with van der Waals surface area (Å²) in [6, 6.07) is 8.14. The van der Waals surface area contributed by atoms with E-state index in [9.17, 15) is 4.79 Å². The molecule has 0 radical (unpaired) electrons. The Morgan fingerprint density at radius 1 is 1.38 bits per heavy atom. The van der Waals surface area contributed by atoms with Gasteiger partial charge in [0.2, 0.25) is 0 Å². The van der Waals surface area contributed by atoms with E-state index in [1.807, 2.05) is 19.2 Å². The number of hydrogen-bond acceptors (Lipinski definition) is 2. The van der Waals surface area contributed by atoms with Gasteiger partial charge in [0.05, 0.1) is 0 Å². The first kappa shape index (κ1) is 12.3. The van der Waals surface area contributed by atoms with Gasteiger partial charge in [-0.15, -0.1) is 0 Å². The van der Waals surface area contributed by atoms with Crippen LogP contribution < -0.4 is 5.32 Å². The van der Waals surface area contributed by atoms with Crippen LogP contribution in [0.5, 0.6) is 0 Å². The molecule has 16 heavy (non-hydrogen) atoms. The Labute approximate surface area is 95.8 Å². The zero-order valence-electron chi connectivity index (χ0n) is 9.66. The Morgan fingerprint density at radius 2 is 2.00 bits per heavy atom. The molecular weight excluding hydrogens is 202 g/mol. The van der Waals surface area contributed by atoms with Crippen LogP contribution in [0.15, 0.2) is 35.9 Å². The molecular formula is C13H17NO2. The number of rotatable bonds is 5. The lowest BCUT2D eigenvalue weighted by Crippen LogP contribution is -1.96. The Bertz CT molecular complexity index is 379. The molecule has 0 unspecified atom stereocenters. The van der Waals surface area contributed by atoms with Crippen LogP contribution in [-0.4, -0.2) is 18.1 Å². The van der Waals surface area contributed by atoms with Crippen molar-refractivity contribution in [2.24, 2.45) is 0 Å². The van der Waals surface area contributed by atoms with Gasteiger partial charge >= 0.3 is 5.97 Å². The fourth-order valence-electron chi connectivity index (χ4n) is 1.38. The summed E-state index contributed by atoms with van der Waals surface area (Å²) in [6.45, 7) is 1.62. The molecule has 0 saturated heterocycles. The molecule has 2 N–H and O–H groups in total. The Hall–Kier alpha value is -1.77.